The van der Waals surface area contributed by atoms with Crippen LogP contribution < -0.4 is 10.6 Å². The number of aromatic nitrogens is 1. The lowest BCUT2D eigenvalue weighted by atomic mass is 10.1. The van der Waals surface area contributed by atoms with Crippen LogP contribution in [0.15, 0.2) is 48.8 Å². The van der Waals surface area contributed by atoms with E-state index < -0.39 is 11.8 Å². The summed E-state index contributed by atoms with van der Waals surface area (Å²) in [6.07, 6.45) is 4.08. The molecular weight excluding hydrogens is 266 g/mol. The Labute approximate surface area is 123 Å². The van der Waals surface area contributed by atoms with Gasteiger partial charge in [-0.15, -0.1) is 0 Å². The minimum atomic E-state index is -0.667. The zero-order valence-corrected chi connectivity index (χ0v) is 11.8. The predicted octanol–water partition coefficient (Wildman–Crippen LogP) is 1.90. The van der Waals surface area contributed by atoms with Crippen LogP contribution >= 0.6 is 0 Å². The molecule has 21 heavy (non-hydrogen) atoms. The summed E-state index contributed by atoms with van der Waals surface area (Å²) in [5, 5.41) is 5.20. The van der Waals surface area contributed by atoms with Crippen LogP contribution in [0.2, 0.25) is 0 Å². The Morgan fingerprint density at radius 2 is 1.90 bits per heavy atom. The van der Waals surface area contributed by atoms with Gasteiger partial charge in [-0.3, -0.25) is 14.6 Å². The van der Waals surface area contributed by atoms with E-state index in [1.165, 1.54) is 0 Å². The second-order valence-electron chi connectivity index (χ2n) is 4.51. The number of amides is 2. The topological polar surface area (TPSA) is 71.1 Å². The van der Waals surface area contributed by atoms with Gasteiger partial charge in [-0.25, -0.2) is 0 Å². The molecule has 2 aromatic rings. The van der Waals surface area contributed by atoms with Gasteiger partial charge < -0.3 is 10.6 Å². The summed E-state index contributed by atoms with van der Waals surface area (Å²) in [7, 11) is 0. The normalized spacial score (nSPS) is 9.95. The molecule has 5 heteroatoms. The molecular formula is C16H17N3O2. The molecule has 0 fully saturated rings. The lowest BCUT2D eigenvalue weighted by molar-refractivity contribution is -0.136. The van der Waals surface area contributed by atoms with Crippen LogP contribution in [0.4, 0.5) is 5.69 Å². The molecule has 1 aromatic heterocycles. The van der Waals surface area contributed by atoms with Crippen molar-refractivity contribution in [2.45, 2.75) is 19.9 Å². The molecule has 5 nitrogen and oxygen atoms in total. The molecule has 0 atom stereocenters. The number of rotatable bonds is 4. The highest BCUT2D eigenvalue weighted by Crippen LogP contribution is 2.15. The van der Waals surface area contributed by atoms with Crippen LogP contribution in [0.1, 0.15) is 18.1 Å². The Morgan fingerprint density at radius 3 is 2.62 bits per heavy atom. The van der Waals surface area contributed by atoms with Crippen molar-refractivity contribution in [2.24, 2.45) is 0 Å². The Kier molecular flexibility index (Phi) is 5.04. The summed E-state index contributed by atoms with van der Waals surface area (Å²) < 4.78 is 0. The molecule has 2 amide bonds. The van der Waals surface area contributed by atoms with Crippen molar-refractivity contribution >= 4 is 17.5 Å². The fourth-order valence-electron chi connectivity index (χ4n) is 1.89. The van der Waals surface area contributed by atoms with Crippen molar-refractivity contribution in [3.8, 4) is 0 Å². The molecule has 108 valence electrons. The molecule has 2 rings (SSSR count). The predicted molar refractivity (Wildman–Crippen MR) is 80.5 cm³/mol. The molecule has 0 saturated carbocycles. The minimum absolute atomic E-state index is 0.273. The zero-order chi connectivity index (χ0) is 15.1. The lowest BCUT2D eigenvalue weighted by Gasteiger charge is -2.09. The fourth-order valence-corrected chi connectivity index (χ4v) is 1.89. The average molecular weight is 283 g/mol. The molecule has 0 aliphatic heterocycles. The van der Waals surface area contributed by atoms with E-state index in [1.807, 2.05) is 31.2 Å². The van der Waals surface area contributed by atoms with Gasteiger partial charge in [0.1, 0.15) is 0 Å². The fraction of sp³-hybridized carbons (Fsp3) is 0.188. The Balaban J connectivity index is 1.92. The number of carbonyl (C=O) groups is 2. The molecule has 0 unspecified atom stereocenters. The smallest absolute Gasteiger partial charge is 0.313 e. The van der Waals surface area contributed by atoms with Crippen LogP contribution in [-0.2, 0) is 22.6 Å². The van der Waals surface area contributed by atoms with Crippen molar-refractivity contribution in [1.29, 1.82) is 0 Å². The van der Waals surface area contributed by atoms with Crippen molar-refractivity contribution in [1.82, 2.24) is 10.3 Å². The number of carbonyl (C=O) groups excluding carboxylic acids is 2. The third-order valence-corrected chi connectivity index (χ3v) is 3.03. The highest BCUT2D eigenvalue weighted by molar-refractivity contribution is 6.39. The van der Waals surface area contributed by atoms with Gasteiger partial charge in [-0.05, 0) is 29.7 Å². The SMILES string of the molecule is CCc1ccccc1NC(=O)C(=O)NCc1cccnc1. The molecule has 0 radical (unpaired) electrons. The van der Waals surface area contributed by atoms with Crippen molar-refractivity contribution in [2.75, 3.05) is 5.32 Å². The van der Waals surface area contributed by atoms with Gasteiger partial charge in [0.2, 0.25) is 0 Å². The number of nitrogens with one attached hydrogen (secondary N) is 2. The first-order valence-electron chi connectivity index (χ1n) is 6.76. The summed E-state index contributed by atoms with van der Waals surface area (Å²) in [6, 6.07) is 11.0. The summed E-state index contributed by atoms with van der Waals surface area (Å²) in [5.41, 5.74) is 2.50. The number of benzene rings is 1. The van der Waals surface area contributed by atoms with E-state index in [4.69, 9.17) is 0 Å². The molecule has 1 heterocycles. The van der Waals surface area contributed by atoms with Gasteiger partial charge >= 0.3 is 11.8 Å². The van der Waals surface area contributed by atoms with Crippen LogP contribution in [0.5, 0.6) is 0 Å². The number of anilines is 1. The van der Waals surface area contributed by atoms with E-state index in [0.717, 1.165) is 17.5 Å². The van der Waals surface area contributed by atoms with E-state index in [0.29, 0.717) is 5.69 Å². The Bertz CT molecular complexity index is 626. The van der Waals surface area contributed by atoms with Crippen LogP contribution in [-0.4, -0.2) is 16.8 Å². The van der Waals surface area contributed by atoms with E-state index >= 15 is 0 Å². The lowest BCUT2D eigenvalue weighted by Crippen LogP contribution is -2.35. The van der Waals surface area contributed by atoms with Crippen LogP contribution in [0, 0.1) is 0 Å². The first kappa shape index (κ1) is 14.7. The summed E-state index contributed by atoms with van der Waals surface area (Å²) in [6.45, 7) is 2.27. The zero-order valence-electron chi connectivity index (χ0n) is 11.8. The molecule has 2 N–H and O–H groups in total. The third kappa shape index (κ3) is 4.14. The summed E-state index contributed by atoms with van der Waals surface area (Å²) >= 11 is 0. The highest BCUT2D eigenvalue weighted by Gasteiger charge is 2.14. The number of aryl methyl sites for hydroxylation is 1. The molecule has 0 bridgehead atoms. The highest BCUT2D eigenvalue weighted by atomic mass is 16.2. The van der Waals surface area contributed by atoms with Crippen molar-refractivity contribution < 1.29 is 9.59 Å². The number of nitrogens with zero attached hydrogens (tertiary/aromatic N) is 1. The molecule has 0 saturated heterocycles. The number of pyridine rings is 1. The van der Waals surface area contributed by atoms with E-state index in [1.54, 1.807) is 24.5 Å². The van der Waals surface area contributed by atoms with Gasteiger partial charge in [0, 0.05) is 24.6 Å². The van der Waals surface area contributed by atoms with Crippen LogP contribution in [0.3, 0.4) is 0 Å². The Hall–Kier alpha value is -2.69. The largest absolute Gasteiger partial charge is 0.344 e. The van der Waals surface area contributed by atoms with Gasteiger partial charge in [0.05, 0.1) is 0 Å². The van der Waals surface area contributed by atoms with E-state index in [-0.39, 0.29) is 6.54 Å². The number of hydrogen-bond acceptors (Lipinski definition) is 3. The van der Waals surface area contributed by atoms with Crippen molar-refractivity contribution in [3.63, 3.8) is 0 Å². The van der Waals surface area contributed by atoms with Gasteiger partial charge in [0.15, 0.2) is 0 Å². The maximum Gasteiger partial charge on any atom is 0.313 e. The number of para-hydroxylation sites is 1. The first-order valence-corrected chi connectivity index (χ1v) is 6.76. The quantitative estimate of drug-likeness (QED) is 0.842. The summed E-state index contributed by atoms with van der Waals surface area (Å²) in [5.74, 6) is -1.33. The summed E-state index contributed by atoms with van der Waals surface area (Å²) in [4.78, 5) is 27.6. The average Bonchev–Trinajstić information content (AvgIpc) is 2.54. The van der Waals surface area contributed by atoms with Crippen LogP contribution in [0.25, 0.3) is 0 Å². The minimum Gasteiger partial charge on any atom is -0.344 e. The second kappa shape index (κ2) is 7.19. The monoisotopic (exact) mass is 283 g/mol. The molecule has 0 spiro atoms. The first-order chi connectivity index (χ1) is 10.2. The van der Waals surface area contributed by atoms with E-state index in [2.05, 4.69) is 15.6 Å². The third-order valence-electron chi connectivity index (χ3n) is 3.03. The van der Waals surface area contributed by atoms with Crippen molar-refractivity contribution in [3.05, 3.63) is 59.9 Å². The maximum absolute atomic E-state index is 11.9. The molecule has 0 aliphatic carbocycles. The maximum atomic E-state index is 11.9. The second-order valence-corrected chi connectivity index (χ2v) is 4.51. The van der Waals surface area contributed by atoms with E-state index in [9.17, 15) is 9.59 Å². The van der Waals surface area contributed by atoms with Gasteiger partial charge in [0.25, 0.3) is 0 Å². The standard InChI is InChI=1S/C16H17N3O2/c1-2-13-7-3-4-8-14(13)19-16(21)15(20)18-11-12-6-5-9-17-10-12/h3-10H,2,11H2,1H3,(H,18,20)(H,19,21). The van der Waals surface area contributed by atoms with Gasteiger partial charge in [-0.2, -0.15) is 0 Å². The molecule has 0 aliphatic rings. The molecule has 1 aromatic carbocycles. The number of hydrogen-bond donors (Lipinski definition) is 2. The Morgan fingerprint density at radius 1 is 1.10 bits per heavy atom. The van der Waals surface area contributed by atoms with Gasteiger partial charge in [-0.1, -0.05) is 31.2 Å².